The molecule has 1 aliphatic heterocycles. The molecule has 1 fully saturated rings. The first-order valence-electron chi connectivity index (χ1n) is 10.2. The summed E-state index contributed by atoms with van der Waals surface area (Å²) in [4.78, 5) is 24.7. The Labute approximate surface area is 189 Å². The van der Waals surface area contributed by atoms with Crippen molar-refractivity contribution >= 4 is 34.6 Å². The van der Waals surface area contributed by atoms with Crippen LogP contribution in [0, 0.1) is 17.2 Å². The van der Waals surface area contributed by atoms with Crippen LogP contribution in [-0.2, 0) is 11.3 Å². The monoisotopic (exact) mass is 453 g/mol. The minimum absolute atomic E-state index is 0.211. The van der Waals surface area contributed by atoms with E-state index in [0.29, 0.717) is 17.3 Å². The first kappa shape index (κ1) is 21.3. The normalized spacial score (nSPS) is 14.2. The van der Waals surface area contributed by atoms with Gasteiger partial charge in [0.05, 0.1) is 21.8 Å². The number of nitriles is 1. The first-order valence-corrected chi connectivity index (χ1v) is 12.0. The number of rotatable bonds is 7. The lowest BCUT2D eigenvalue weighted by atomic mass is 9.93. The highest BCUT2D eigenvalue weighted by molar-refractivity contribution is 7.15. The fourth-order valence-corrected chi connectivity index (χ4v) is 4.92. The summed E-state index contributed by atoms with van der Waals surface area (Å²) in [6.45, 7) is 2.73. The second kappa shape index (κ2) is 10.4. The fraction of sp³-hybridized carbons (Fsp3) is 0.364. The molecule has 4 heterocycles. The van der Waals surface area contributed by atoms with Gasteiger partial charge in [0.2, 0.25) is 0 Å². The van der Waals surface area contributed by atoms with Gasteiger partial charge in [0, 0.05) is 25.0 Å². The van der Waals surface area contributed by atoms with E-state index in [-0.39, 0.29) is 12.7 Å². The molecular formula is C22H23N5O2S2. The van der Waals surface area contributed by atoms with Crippen molar-refractivity contribution in [3.05, 3.63) is 51.8 Å². The van der Waals surface area contributed by atoms with Crippen LogP contribution in [0.5, 0.6) is 0 Å². The molecule has 0 atom stereocenters. The topological polar surface area (TPSA) is 91.1 Å². The van der Waals surface area contributed by atoms with E-state index in [9.17, 15) is 4.79 Å². The van der Waals surface area contributed by atoms with E-state index in [2.05, 4.69) is 21.3 Å². The Morgan fingerprint density at radius 2 is 2.16 bits per heavy atom. The molecule has 7 nitrogen and oxygen atoms in total. The third-order valence-electron chi connectivity index (χ3n) is 5.30. The number of hydrogen-bond acceptors (Lipinski definition) is 8. The van der Waals surface area contributed by atoms with Gasteiger partial charge in [0.25, 0.3) is 0 Å². The Balaban J connectivity index is 1.20. The Hall–Kier alpha value is -2.96. The predicted molar refractivity (Wildman–Crippen MR) is 122 cm³/mol. The number of alkyl carbamates (subject to hydrolysis) is 1. The minimum Gasteiger partial charge on any atom is -0.443 e. The zero-order valence-electron chi connectivity index (χ0n) is 17.0. The van der Waals surface area contributed by atoms with E-state index in [1.54, 1.807) is 5.51 Å². The van der Waals surface area contributed by atoms with Gasteiger partial charge in [-0.1, -0.05) is 6.07 Å². The van der Waals surface area contributed by atoms with Crippen LogP contribution in [0.1, 0.15) is 29.8 Å². The van der Waals surface area contributed by atoms with Gasteiger partial charge >= 0.3 is 6.09 Å². The number of ether oxygens (including phenoxy) is 1. The number of hydrogen-bond donors (Lipinski definition) is 1. The van der Waals surface area contributed by atoms with Gasteiger partial charge < -0.3 is 15.0 Å². The molecule has 3 aromatic heterocycles. The van der Waals surface area contributed by atoms with Crippen molar-refractivity contribution in [2.75, 3.05) is 24.5 Å². The van der Waals surface area contributed by atoms with Crippen molar-refractivity contribution in [1.82, 2.24) is 15.3 Å². The Kier molecular flexibility index (Phi) is 7.12. The maximum Gasteiger partial charge on any atom is 0.407 e. The number of piperidine rings is 1. The molecule has 1 N–H and O–H groups in total. The number of anilines is 1. The quantitative estimate of drug-likeness (QED) is 0.559. The van der Waals surface area contributed by atoms with E-state index in [0.717, 1.165) is 54.4 Å². The second-order valence-electron chi connectivity index (χ2n) is 7.36. The second-order valence-corrected chi connectivity index (χ2v) is 9.16. The summed E-state index contributed by atoms with van der Waals surface area (Å²) in [6, 6.07) is 12.0. The Morgan fingerprint density at radius 3 is 2.90 bits per heavy atom. The van der Waals surface area contributed by atoms with E-state index < -0.39 is 0 Å². The molecule has 1 saturated heterocycles. The lowest BCUT2D eigenvalue weighted by Crippen LogP contribution is -2.35. The Morgan fingerprint density at radius 1 is 1.29 bits per heavy atom. The van der Waals surface area contributed by atoms with Gasteiger partial charge in [0.1, 0.15) is 23.4 Å². The van der Waals surface area contributed by atoms with E-state index in [4.69, 9.17) is 15.0 Å². The molecular weight excluding hydrogens is 430 g/mol. The third kappa shape index (κ3) is 5.81. The van der Waals surface area contributed by atoms with Crippen LogP contribution in [0.15, 0.2) is 41.2 Å². The summed E-state index contributed by atoms with van der Waals surface area (Å²) in [5, 5.41) is 13.7. The maximum absolute atomic E-state index is 11.8. The van der Waals surface area contributed by atoms with Crippen molar-refractivity contribution < 1.29 is 9.53 Å². The molecule has 0 spiro atoms. The molecule has 0 radical (unpaired) electrons. The lowest BCUT2D eigenvalue weighted by molar-refractivity contribution is 0.137. The molecule has 0 unspecified atom stereocenters. The number of carbonyl (C=O) groups excluding carboxylic acids is 1. The smallest absolute Gasteiger partial charge is 0.407 e. The van der Waals surface area contributed by atoms with E-state index >= 15 is 0 Å². The number of aromatic nitrogens is 2. The lowest BCUT2D eigenvalue weighted by Gasteiger charge is -2.33. The summed E-state index contributed by atoms with van der Waals surface area (Å²) in [5.41, 5.74) is 3.41. The number of carbonyl (C=O) groups is 1. The number of amides is 1. The summed E-state index contributed by atoms with van der Waals surface area (Å²) in [6.07, 6.45) is 2.69. The van der Waals surface area contributed by atoms with Crippen molar-refractivity contribution in [2.45, 2.75) is 25.9 Å². The molecule has 0 bridgehead atoms. The van der Waals surface area contributed by atoms with Crippen LogP contribution in [0.2, 0.25) is 0 Å². The van der Waals surface area contributed by atoms with Crippen LogP contribution in [0.4, 0.5) is 10.6 Å². The molecule has 0 saturated carbocycles. The molecule has 1 aliphatic rings. The SMILES string of the molecule is N#Cc1ccc(-c2cccc(N3CCC(CCNC(=O)OCc4cscn4)CC3)n2)s1. The molecule has 160 valence electrons. The predicted octanol–water partition coefficient (Wildman–Crippen LogP) is 4.67. The van der Waals surface area contributed by atoms with Gasteiger partial charge in [-0.3, -0.25) is 0 Å². The van der Waals surface area contributed by atoms with Gasteiger partial charge in [-0.05, 0) is 49.4 Å². The minimum atomic E-state index is -0.389. The average Bonchev–Trinajstić information content (AvgIpc) is 3.50. The van der Waals surface area contributed by atoms with Crippen molar-refractivity contribution in [2.24, 2.45) is 5.92 Å². The molecule has 9 heteroatoms. The third-order valence-corrected chi connectivity index (χ3v) is 6.95. The molecule has 4 rings (SSSR count). The van der Waals surface area contributed by atoms with E-state index in [1.807, 2.05) is 35.7 Å². The number of nitrogens with one attached hydrogen (secondary N) is 1. The van der Waals surface area contributed by atoms with Gasteiger partial charge in [-0.25, -0.2) is 14.8 Å². The molecule has 1 amide bonds. The number of nitrogens with zero attached hydrogens (tertiary/aromatic N) is 4. The highest BCUT2D eigenvalue weighted by Gasteiger charge is 2.20. The van der Waals surface area contributed by atoms with Crippen LogP contribution in [0.3, 0.4) is 0 Å². The van der Waals surface area contributed by atoms with E-state index in [1.165, 1.54) is 22.7 Å². The zero-order valence-corrected chi connectivity index (χ0v) is 18.6. The largest absolute Gasteiger partial charge is 0.443 e. The maximum atomic E-state index is 11.8. The first-order chi connectivity index (χ1) is 15.2. The highest BCUT2D eigenvalue weighted by Crippen LogP contribution is 2.29. The highest BCUT2D eigenvalue weighted by atomic mass is 32.1. The standard InChI is InChI=1S/C22H23N5O2S2/c23-12-18-4-5-20(31-18)19-2-1-3-21(26-19)27-10-7-16(8-11-27)6-9-24-22(28)29-13-17-14-30-15-25-17/h1-5,14-16H,6-11,13H2,(H,24,28). The van der Waals surface area contributed by atoms with Crippen molar-refractivity contribution in [3.8, 4) is 16.6 Å². The van der Waals surface area contributed by atoms with Crippen molar-refractivity contribution in [3.63, 3.8) is 0 Å². The summed E-state index contributed by atoms with van der Waals surface area (Å²) >= 11 is 2.95. The van der Waals surface area contributed by atoms with Crippen LogP contribution in [-0.4, -0.2) is 35.7 Å². The Bertz CT molecular complexity index is 1040. The molecule has 0 aromatic carbocycles. The van der Waals surface area contributed by atoms with Gasteiger partial charge in [0.15, 0.2) is 0 Å². The van der Waals surface area contributed by atoms with Gasteiger partial charge in [-0.15, -0.1) is 22.7 Å². The average molecular weight is 454 g/mol. The molecule has 0 aliphatic carbocycles. The van der Waals surface area contributed by atoms with Crippen LogP contribution < -0.4 is 10.2 Å². The number of thiazole rings is 1. The fourth-order valence-electron chi connectivity index (χ4n) is 3.60. The van der Waals surface area contributed by atoms with Crippen molar-refractivity contribution in [1.29, 1.82) is 5.26 Å². The summed E-state index contributed by atoms with van der Waals surface area (Å²) < 4.78 is 5.17. The molecule has 31 heavy (non-hydrogen) atoms. The number of thiophene rings is 1. The van der Waals surface area contributed by atoms with Gasteiger partial charge in [-0.2, -0.15) is 5.26 Å². The van der Waals surface area contributed by atoms with Crippen LogP contribution >= 0.6 is 22.7 Å². The van der Waals surface area contributed by atoms with Crippen LogP contribution in [0.25, 0.3) is 10.6 Å². The summed E-state index contributed by atoms with van der Waals surface area (Å²) in [7, 11) is 0. The zero-order chi connectivity index (χ0) is 21.5. The number of pyridine rings is 1. The summed E-state index contributed by atoms with van der Waals surface area (Å²) in [5.74, 6) is 1.56. The molecule has 3 aromatic rings.